The number of benzene rings is 1. The molecule has 5 nitrogen and oxygen atoms in total. The zero-order valence-electron chi connectivity index (χ0n) is 9.47. The monoisotopic (exact) mass is 393 g/mol. The van der Waals surface area contributed by atoms with Crippen LogP contribution < -0.4 is 10.5 Å². The molecule has 2 aromatic rings. The lowest BCUT2D eigenvalue weighted by molar-refractivity contribution is 0.601. The summed E-state index contributed by atoms with van der Waals surface area (Å²) in [4.78, 5) is 3.60. The molecule has 0 aliphatic heterocycles. The van der Waals surface area contributed by atoms with Crippen LogP contribution in [0.3, 0.4) is 0 Å². The number of hydrogen-bond acceptors (Lipinski definition) is 4. The summed E-state index contributed by atoms with van der Waals surface area (Å²) in [6, 6.07) is 6.57. The van der Waals surface area contributed by atoms with Gasteiger partial charge in [-0.3, -0.25) is 4.72 Å². The molecule has 0 fully saturated rings. The summed E-state index contributed by atoms with van der Waals surface area (Å²) in [5, 5.41) is 0. The van der Waals surface area contributed by atoms with E-state index in [1.807, 2.05) is 22.6 Å². The van der Waals surface area contributed by atoms with Crippen molar-refractivity contribution in [2.45, 2.75) is 4.90 Å². The minimum atomic E-state index is -3.84. The van der Waals surface area contributed by atoms with Gasteiger partial charge in [-0.05, 0) is 52.9 Å². The largest absolute Gasteiger partial charge is 0.383 e. The third kappa shape index (κ3) is 3.13. The number of nitrogens with two attached hydrogens (primary N) is 1. The summed E-state index contributed by atoms with van der Waals surface area (Å²) in [7, 11) is -3.84. The highest BCUT2D eigenvalue weighted by Crippen LogP contribution is 2.24. The first-order valence-electron chi connectivity index (χ1n) is 5.08. The molecule has 0 atom stereocenters. The second-order valence-corrected chi connectivity index (χ2v) is 6.43. The van der Waals surface area contributed by atoms with Crippen LogP contribution in [0, 0.1) is 9.39 Å². The maximum Gasteiger partial charge on any atom is 0.265 e. The summed E-state index contributed by atoms with van der Waals surface area (Å²) in [5.74, 6) is -0.527. The summed E-state index contributed by atoms with van der Waals surface area (Å²) in [6.07, 6.45) is 1.40. The molecule has 0 amide bonds. The van der Waals surface area contributed by atoms with Gasteiger partial charge in [0.2, 0.25) is 0 Å². The first kappa shape index (κ1) is 14.0. The maximum absolute atomic E-state index is 13.0. The van der Waals surface area contributed by atoms with Gasteiger partial charge < -0.3 is 5.73 Å². The Morgan fingerprint density at radius 3 is 2.68 bits per heavy atom. The van der Waals surface area contributed by atoms with E-state index >= 15 is 0 Å². The highest BCUT2D eigenvalue weighted by atomic mass is 127. The van der Waals surface area contributed by atoms with Gasteiger partial charge in [0.05, 0.1) is 5.69 Å². The summed E-state index contributed by atoms with van der Waals surface area (Å²) in [5.41, 5.74) is 5.81. The second-order valence-electron chi connectivity index (χ2n) is 3.62. The van der Waals surface area contributed by atoms with Gasteiger partial charge in [-0.25, -0.2) is 17.8 Å². The zero-order valence-corrected chi connectivity index (χ0v) is 12.4. The molecule has 0 saturated heterocycles. The Balaban J connectivity index is 2.40. The molecule has 1 aromatic carbocycles. The van der Waals surface area contributed by atoms with E-state index in [9.17, 15) is 12.8 Å². The quantitative estimate of drug-likeness (QED) is 0.784. The van der Waals surface area contributed by atoms with Crippen LogP contribution in [0.1, 0.15) is 0 Å². The van der Waals surface area contributed by atoms with E-state index in [1.165, 1.54) is 36.5 Å². The smallest absolute Gasteiger partial charge is 0.265 e. The van der Waals surface area contributed by atoms with Gasteiger partial charge in [0.25, 0.3) is 10.0 Å². The number of nitrogen functional groups attached to an aromatic ring is 1. The summed E-state index contributed by atoms with van der Waals surface area (Å²) >= 11 is 1.84. The number of rotatable bonds is 3. The third-order valence-corrected chi connectivity index (χ3v) is 4.57. The molecular formula is C11H9FIN3O2S. The van der Waals surface area contributed by atoms with E-state index in [1.54, 1.807) is 0 Å². The zero-order chi connectivity index (χ0) is 14.0. The third-order valence-electron chi connectivity index (χ3n) is 2.26. The molecule has 2 rings (SSSR count). The fourth-order valence-electron chi connectivity index (χ4n) is 1.40. The molecule has 0 spiro atoms. The van der Waals surface area contributed by atoms with Crippen LogP contribution >= 0.6 is 22.6 Å². The van der Waals surface area contributed by atoms with Gasteiger partial charge in [0, 0.05) is 9.77 Å². The van der Waals surface area contributed by atoms with Crippen LogP contribution in [-0.2, 0) is 10.0 Å². The number of halogens is 2. The topological polar surface area (TPSA) is 85.1 Å². The number of nitrogens with zero attached hydrogens (tertiary/aromatic N) is 1. The highest BCUT2D eigenvalue weighted by Gasteiger charge is 2.19. The Labute approximate surface area is 123 Å². The molecule has 19 heavy (non-hydrogen) atoms. The van der Waals surface area contributed by atoms with Gasteiger partial charge in [-0.1, -0.05) is 0 Å². The Bertz CT molecular complexity index is 722. The average Bonchev–Trinajstić information content (AvgIpc) is 2.33. The van der Waals surface area contributed by atoms with E-state index in [0.29, 0.717) is 3.57 Å². The van der Waals surface area contributed by atoms with Crippen LogP contribution in [0.15, 0.2) is 41.4 Å². The van der Waals surface area contributed by atoms with Crippen molar-refractivity contribution in [3.05, 3.63) is 45.9 Å². The SMILES string of the molecule is Nc1ncccc1S(=O)(=O)Nc1ccc(F)cc1I. The van der Waals surface area contributed by atoms with Crippen LogP contribution in [0.4, 0.5) is 15.9 Å². The summed E-state index contributed by atoms with van der Waals surface area (Å²) in [6.45, 7) is 0. The molecule has 0 bridgehead atoms. The lowest BCUT2D eigenvalue weighted by atomic mass is 10.3. The number of aromatic nitrogens is 1. The standard InChI is InChI=1S/C11H9FIN3O2S/c12-7-3-4-9(8(13)6-7)16-19(17,18)10-2-1-5-15-11(10)14/h1-6,16H,(H2,14,15). The van der Waals surface area contributed by atoms with Gasteiger partial charge in [0.1, 0.15) is 16.5 Å². The number of nitrogens with one attached hydrogen (secondary N) is 1. The van der Waals surface area contributed by atoms with Crippen molar-refractivity contribution in [3.8, 4) is 0 Å². The van der Waals surface area contributed by atoms with E-state index < -0.39 is 15.8 Å². The fraction of sp³-hybridized carbons (Fsp3) is 0. The lowest BCUT2D eigenvalue weighted by Gasteiger charge is -2.10. The van der Waals surface area contributed by atoms with Crippen LogP contribution in [0.2, 0.25) is 0 Å². The Morgan fingerprint density at radius 2 is 2.05 bits per heavy atom. The minimum Gasteiger partial charge on any atom is -0.383 e. The van der Waals surface area contributed by atoms with Gasteiger partial charge in [-0.2, -0.15) is 0 Å². The molecule has 1 heterocycles. The Kier molecular flexibility index (Phi) is 3.90. The van der Waals surface area contributed by atoms with Crippen molar-refractivity contribution in [2.24, 2.45) is 0 Å². The van der Waals surface area contributed by atoms with Gasteiger partial charge in [0.15, 0.2) is 0 Å². The number of pyridine rings is 1. The fourth-order valence-corrected chi connectivity index (χ4v) is 3.36. The van der Waals surface area contributed by atoms with E-state index in [4.69, 9.17) is 5.73 Å². The van der Waals surface area contributed by atoms with Crippen LogP contribution in [0.5, 0.6) is 0 Å². The molecule has 0 aliphatic rings. The van der Waals surface area contributed by atoms with E-state index in [0.717, 1.165) is 0 Å². The maximum atomic E-state index is 13.0. The molecule has 8 heteroatoms. The van der Waals surface area contributed by atoms with Crippen molar-refractivity contribution in [3.63, 3.8) is 0 Å². The van der Waals surface area contributed by atoms with E-state index in [-0.39, 0.29) is 16.4 Å². The highest BCUT2D eigenvalue weighted by molar-refractivity contribution is 14.1. The minimum absolute atomic E-state index is 0.0906. The number of hydrogen-bond donors (Lipinski definition) is 2. The van der Waals surface area contributed by atoms with Crippen molar-refractivity contribution >= 4 is 44.1 Å². The molecular weight excluding hydrogens is 384 g/mol. The van der Waals surface area contributed by atoms with Gasteiger partial charge >= 0.3 is 0 Å². The second kappa shape index (κ2) is 5.29. The molecule has 0 saturated carbocycles. The van der Waals surface area contributed by atoms with Crippen molar-refractivity contribution in [1.29, 1.82) is 0 Å². The average molecular weight is 393 g/mol. The Morgan fingerprint density at radius 1 is 1.32 bits per heavy atom. The van der Waals surface area contributed by atoms with Crippen molar-refractivity contribution in [2.75, 3.05) is 10.5 Å². The molecule has 100 valence electrons. The lowest BCUT2D eigenvalue weighted by Crippen LogP contribution is -2.16. The number of anilines is 2. The van der Waals surface area contributed by atoms with Gasteiger partial charge in [-0.15, -0.1) is 0 Å². The molecule has 0 radical (unpaired) electrons. The van der Waals surface area contributed by atoms with Crippen molar-refractivity contribution in [1.82, 2.24) is 4.98 Å². The van der Waals surface area contributed by atoms with Crippen molar-refractivity contribution < 1.29 is 12.8 Å². The van der Waals surface area contributed by atoms with Crippen LogP contribution in [0.25, 0.3) is 0 Å². The molecule has 1 aromatic heterocycles. The molecule has 0 unspecified atom stereocenters. The number of sulfonamides is 1. The summed E-state index contributed by atoms with van der Waals surface area (Å²) < 4.78 is 40.0. The predicted molar refractivity (Wildman–Crippen MR) is 78.6 cm³/mol. The Hall–Kier alpha value is -1.42. The van der Waals surface area contributed by atoms with Crippen LogP contribution in [-0.4, -0.2) is 13.4 Å². The normalized spacial score (nSPS) is 11.3. The first-order chi connectivity index (χ1) is 8.90. The molecule has 3 N–H and O–H groups in total. The molecule has 0 aliphatic carbocycles. The first-order valence-corrected chi connectivity index (χ1v) is 7.65. The predicted octanol–water partition coefficient (Wildman–Crippen LogP) is 2.21. The van der Waals surface area contributed by atoms with E-state index in [2.05, 4.69) is 9.71 Å².